The first-order valence-corrected chi connectivity index (χ1v) is 5.60. The number of nitriles is 1. The van der Waals surface area contributed by atoms with Crippen LogP contribution >= 0.6 is 0 Å². The van der Waals surface area contributed by atoms with Gasteiger partial charge < -0.3 is 5.32 Å². The molecule has 0 bridgehead atoms. The van der Waals surface area contributed by atoms with E-state index in [4.69, 9.17) is 5.26 Å². The summed E-state index contributed by atoms with van der Waals surface area (Å²) >= 11 is 0. The highest BCUT2D eigenvalue weighted by Crippen LogP contribution is 2.18. The highest BCUT2D eigenvalue weighted by Gasteiger charge is 2.27. The minimum absolute atomic E-state index is 0.0644. The van der Waals surface area contributed by atoms with E-state index in [0.29, 0.717) is 6.54 Å². The van der Waals surface area contributed by atoms with Gasteiger partial charge in [-0.1, -0.05) is 0 Å². The molecule has 15 heavy (non-hydrogen) atoms. The smallest absolute Gasteiger partial charge is 0.224 e. The lowest BCUT2D eigenvalue weighted by Crippen LogP contribution is -2.45. The molecule has 1 aliphatic heterocycles. The third kappa shape index (κ3) is 3.21. The van der Waals surface area contributed by atoms with E-state index in [2.05, 4.69) is 16.3 Å². The Morgan fingerprint density at radius 2 is 2.47 bits per heavy atom. The third-order valence-electron chi connectivity index (χ3n) is 2.91. The summed E-state index contributed by atoms with van der Waals surface area (Å²) in [4.78, 5) is 13.7. The van der Waals surface area contributed by atoms with Crippen molar-refractivity contribution in [3.05, 3.63) is 0 Å². The van der Waals surface area contributed by atoms with Crippen molar-refractivity contribution < 1.29 is 4.79 Å². The summed E-state index contributed by atoms with van der Waals surface area (Å²) in [6.45, 7) is 6.16. The SMILES string of the molecule is CCNC(=O)C1CCCN(C(C)C#N)C1. The number of carbonyl (C=O) groups excluding carboxylic acids is 1. The predicted octanol–water partition coefficient (Wildman–Crippen LogP) is 0.747. The highest BCUT2D eigenvalue weighted by molar-refractivity contribution is 5.78. The van der Waals surface area contributed by atoms with Crippen molar-refractivity contribution in [2.75, 3.05) is 19.6 Å². The first-order valence-electron chi connectivity index (χ1n) is 5.60. The molecule has 1 heterocycles. The second-order valence-electron chi connectivity index (χ2n) is 4.03. The van der Waals surface area contributed by atoms with Gasteiger partial charge in [0.1, 0.15) is 0 Å². The molecule has 4 heteroatoms. The predicted molar refractivity (Wildman–Crippen MR) is 58.1 cm³/mol. The van der Waals surface area contributed by atoms with Crippen LogP contribution in [0, 0.1) is 17.2 Å². The molecule has 4 nitrogen and oxygen atoms in total. The normalized spacial score (nSPS) is 24.2. The molecule has 0 aromatic carbocycles. The van der Waals surface area contributed by atoms with Gasteiger partial charge in [-0.15, -0.1) is 0 Å². The topological polar surface area (TPSA) is 56.1 Å². The first kappa shape index (κ1) is 12.0. The molecule has 1 fully saturated rings. The standard InChI is InChI=1S/C11H19N3O/c1-3-13-11(15)10-5-4-6-14(8-10)9(2)7-12/h9-10H,3-6,8H2,1-2H3,(H,13,15). The highest BCUT2D eigenvalue weighted by atomic mass is 16.1. The fraction of sp³-hybridized carbons (Fsp3) is 0.818. The van der Waals surface area contributed by atoms with Gasteiger partial charge in [0.2, 0.25) is 5.91 Å². The Morgan fingerprint density at radius 3 is 3.07 bits per heavy atom. The van der Waals surface area contributed by atoms with Gasteiger partial charge in [0, 0.05) is 13.1 Å². The second-order valence-corrected chi connectivity index (χ2v) is 4.03. The molecule has 0 radical (unpaired) electrons. The zero-order valence-electron chi connectivity index (χ0n) is 9.49. The number of carbonyl (C=O) groups is 1. The fourth-order valence-electron chi connectivity index (χ4n) is 1.97. The van der Waals surface area contributed by atoms with Crippen LogP contribution in [-0.2, 0) is 4.79 Å². The van der Waals surface area contributed by atoms with Crippen LogP contribution in [0.3, 0.4) is 0 Å². The van der Waals surface area contributed by atoms with Crippen molar-refractivity contribution >= 4 is 5.91 Å². The maximum Gasteiger partial charge on any atom is 0.224 e. The zero-order valence-corrected chi connectivity index (χ0v) is 9.49. The molecular formula is C11H19N3O. The van der Waals surface area contributed by atoms with Gasteiger partial charge in [-0.3, -0.25) is 9.69 Å². The molecule has 0 aromatic heterocycles. The van der Waals surface area contributed by atoms with Crippen LogP contribution in [0.4, 0.5) is 0 Å². The summed E-state index contributed by atoms with van der Waals surface area (Å²) in [5, 5.41) is 11.7. The molecule has 0 saturated carbocycles. The van der Waals surface area contributed by atoms with E-state index in [-0.39, 0.29) is 17.9 Å². The fourth-order valence-corrected chi connectivity index (χ4v) is 1.97. The lowest BCUT2D eigenvalue weighted by Gasteiger charge is -2.33. The van der Waals surface area contributed by atoms with Gasteiger partial charge in [0.05, 0.1) is 18.0 Å². The monoisotopic (exact) mass is 209 g/mol. The Hall–Kier alpha value is -1.08. The van der Waals surface area contributed by atoms with Gasteiger partial charge in [-0.25, -0.2) is 0 Å². The van der Waals surface area contributed by atoms with Gasteiger partial charge in [-0.05, 0) is 33.2 Å². The van der Waals surface area contributed by atoms with Crippen LogP contribution in [0.5, 0.6) is 0 Å². The number of nitrogens with one attached hydrogen (secondary N) is 1. The summed E-state index contributed by atoms with van der Waals surface area (Å²) in [5.41, 5.74) is 0. The molecule has 0 aromatic rings. The first-order chi connectivity index (χ1) is 7.19. The third-order valence-corrected chi connectivity index (χ3v) is 2.91. The van der Waals surface area contributed by atoms with Crippen LogP contribution in [0.25, 0.3) is 0 Å². The van der Waals surface area contributed by atoms with Gasteiger partial charge >= 0.3 is 0 Å². The van der Waals surface area contributed by atoms with Crippen LogP contribution in [-0.4, -0.2) is 36.5 Å². The largest absolute Gasteiger partial charge is 0.356 e. The molecule has 0 aliphatic carbocycles. The van der Waals surface area contributed by atoms with E-state index >= 15 is 0 Å². The summed E-state index contributed by atoms with van der Waals surface area (Å²) in [5.74, 6) is 0.196. The van der Waals surface area contributed by atoms with Gasteiger partial charge in [0.15, 0.2) is 0 Å². The quantitative estimate of drug-likeness (QED) is 0.746. The number of nitrogens with zero attached hydrogens (tertiary/aromatic N) is 2. The van der Waals surface area contributed by atoms with E-state index in [1.807, 2.05) is 13.8 Å². The Kier molecular flexibility index (Phi) is 4.57. The number of hydrogen-bond acceptors (Lipinski definition) is 3. The molecule has 1 N–H and O–H groups in total. The van der Waals surface area contributed by atoms with Crippen LogP contribution < -0.4 is 5.32 Å². The number of piperidine rings is 1. The average Bonchev–Trinajstić information content (AvgIpc) is 2.28. The Balaban J connectivity index is 2.49. The molecule has 2 atom stereocenters. The van der Waals surface area contributed by atoms with Crippen molar-refractivity contribution in [1.82, 2.24) is 10.2 Å². The molecule has 0 spiro atoms. The minimum Gasteiger partial charge on any atom is -0.356 e. The van der Waals surface area contributed by atoms with Gasteiger partial charge in [0.25, 0.3) is 0 Å². The van der Waals surface area contributed by atoms with Crippen molar-refractivity contribution in [2.45, 2.75) is 32.7 Å². The van der Waals surface area contributed by atoms with Gasteiger partial charge in [-0.2, -0.15) is 5.26 Å². The lowest BCUT2D eigenvalue weighted by molar-refractivity contribution is -0.126. The number of rotatable bonds is 3. The lowest BCUT2D eigenvalue weighted by atomic mass is 9.96. The Bertz CT molecular complexity index is 259. The summed E-state index contributed by atoms with van der Waals surface area (Å²) in [6, 6.07) is 2.14. The van der Waals surface area contributed by atoms with E-state index < -0.39 is 0 Å². The molecule has 84 valence electrons. The van der Waals surface area contributed by atoms with Crippen LogP contribution in [0.1, 0.15) is 26.7 Å². The van der Waals surface area contributed by atoms with Crippen molar-refractivity contribution in [3.63, 3.8) is 0 Å². The van der Waals surface area contributed by atoms with E-state index in [9.17, 15) is 4.79 Å². The second kappa shape index (κ2) is 5.72. The minimum atomic E-state index is -0.0813. The maximum absolute atomic E-state index is 11.6. The van der Waals surface area contributed by atoms with E-state index in [0.717, 1.165) is 25.9 Å². The van der Waals surface area contributed by atoms with E-state index in [1.54, 1.807) is 0 Å². The van der Waals surface area contributed by atoms with Crippen LogP contribution in [0.15, 0.2) is 0 Å². The molecule has 1 aliphatic rings. The number of amides is 1. The molecule has 1 saturated heterocycles. The molecule has 2 unspecified atom stereocenters. The Labute approximate surface area is 91.2 Å². The maximum atomic E-state index is 11.6. The zero-order chi connectivity index (χ0) is 11.3. The summed E-state index contributed by atoms with van der Waals surface area (Å²) in [7, 11) is 0. The summed E-state index contributed by atoms with van der Waals surface area (Å²) < 4.78 is 0. The van der Waals surface area contributed by atoms with Crippen molar-refractivity contribution in [2.24, 2.45) is 5.92 Å². The van der Waals surface area contributed by atoms with Crippen molar-refractivity contribution in [1.29, 1.82) is 5.26 Å². The van der Waals surface area contributed by atoms with Crippen molar-refractivity contribution in [3.8, 4) is 6.07 Å². The molecule has 1 amide bonds. The Morgan fingerprint density at radius 1 is 1.73 bits per heavy atom. The van der Waals surface area contributed by atoms with E-state index in [1.165, 1.54) is 0 Å². The number of hydrogen-bond donors (Lipinski definition) is 1. The van der Waals surface area contributed by atoms with Crippen LogP contribution in [0.2, 0.25) is 0 Å². The molecular weight excluding hydrogens is 190 g/mol. The summed E-state index contributed by atoms with van der Waals surface area (Å²) in [6.07, 6.45) is 1.95. The molecule has 1 rings (SSSR count). The average molecular weight is 209 g/mol. The number of likely N-dealkylation sites (tertiary alicyclic amines) is 1.